The lowest BCUT2D eigenvalue weighted by molar-refractivity contribution is -0.128. The summed E-state index contributed by atoms with van der Waals surface area (Å²) in [6.07, 6.45) is 4.67. The van der Waals surface area contributed by atoms with Gasteiger partial charge in [0.15, 0.2) is 0 Å². The van der Waals surface area contributed by atoms with E-state index in [1.807, 2.05) is 0 Å². The molecule has 1 aromatic carbocycles. The van der Waals surface area contributed by atoms with Crippen LogP contribution in [-0.2, 0) is 4.79 Å². The molecule has 4 fully saturated rings. The number of anilines is 3. The summed E-state index contributed by atoms with van der Waals surface area (Å²) in [5.74, 6) is 0.386. The molecule has 4 aliphatic rings. The molecule has 2 bridgehead atoms. The van der Waals surface area contributed by atoms with Gasteiger partial charge in [-0.1, -0.05) is 11.6 Å². The number of pyridine rings is 1. The highest BCUT2D eigenvalue weighted by Crippen LogP contribution is 2.39. The van der Waals surface area contributed by atoms with Gasteiger partial charge in [0.05, 0.1) is 18.0 Å². The maximum Gasteiger partial charge on any atom is 0.228 e. The summed E-state index contributed by atoms with van der Waals surface area (Å²) in [6.45, 7) is 2.19. The molecule has 2 unspecified atom stereocenters. The Labute approximate surface area is 241 Å². The molecule has 1 amide bonds. The third-order valence-corrected chi connectivity index (χ3v) is 9.37. The number of rotatable bonds is 9. The molecular formula is C28H31ClFN7O2S. The van der Waals surface area contributed by atoms with E-state index in [0.29, 0.717) is 56.8 Å². The number of hydrogen-bond donors (Lipinski definition) is 3. The second kappa shape index (κ2) is 11.6. The van der Waals surface area contributed by atoms with Crippen LogP contribution in [-0.4, -0.2) is 86.6 Å². The Kier molecular flexibility index (Phi) is 7.91. The first kappa shape index (κ1) is 27.3. The molecule has 2 atom stereocenters. The van der Waals surface area contributed by atoms with Gasteiger partial charge in [0.1, 0.15) is 16.7 Å². The number of nitrogens with one attached hydrogen (secondary N) is 2. The number of carbonyl (C=O) groups is 1. The fraction of sp³-hybridized carbons (Fsp3) is 0.429. The van der Waals surface area contributed by atoms with Gasteiger partial charge in [-0.3, -0.25) is 14.6 Å². The molecule has 1 aliphatic carbocycles. The normalized spacial score (nSPS) is 24.2. The highest BCUT2D eigenvalue weighted by Gasteiger charge is 2.47. The number of piperidine rings is 1. The van der Waals surface area contributed by atoms with Crippen LogP contribution in [0.3, 0.4) is 0 Å². The van der Waals surface area contributed by atoms with Crippen molar-refractivity contribution in [3.63, 3.8) is 0 Å². The SMILES string of the molecule is CN1C2CC1CN([C@H]1C[C@H](C(=O)Nc3cc(Nc4cc(-c5cc(Cl)ccc5F)nnc4SCCO)ccn3)C1)C2. The molecule has 3 aromatic rings. The number of piperazine rings is 1. The van der Waals surface area contributed by atoms with Gasteiger partial charge in [0.2, 0.25) is 5.91 Å². The standard InChI is InChI=1S/C28H31ClFN7O2S/c1-36-20-12-21(36)15-37(14-20)19-8-16(9-19)27(39)33-26-11-18(4-5-31-26)32-25-13-24(34-35-28(25)40-7-6-38)22-10-17(29)2-3-23(22)30/h2-5,10-11,13,16,19-21,38H,6-9,12,14-15H2,1H3,(H2,31,32,33,34,39)/t16-,19-,20?,21?. The minimum atomic E-state index is -0.461. The summed E-state index contributed by atoms with van der Waals surface area (Å²) < 4.78 is 14.5. The van der Waals surface area contributed by atoms with E-state index in [0.717, 1.165) is 25.9 Å². The molecule has 7 rings (SSSR count). The fourth-order valence-corrected chi connectivity index (χ4v) is 6.55. The Bertz CT molecular complexity index is 1400. The highest BCUT2D eigenvalue weighted by molar-refractivity contribution is 7.99. The molecule has 9 nitrogen and oxygen atoms in total. The number of fused-ring (bicyclic) bond motifs is 2. The Morgan fingerprint density at radius 1 is 1.12 bits per heavy atom. The van der Waals surface area contributed by atoms with Crippen LogP contribution >= 0.6 is 23.4 Å². The lowest BCUT2D eigenvalue weighted by Gasteiger charge is -2.58. The van der Waals surface area contributed by atoms with Crippen molar-refractivity contribution >= 4 is 46.5 Å². The number of amides is 1. The van der Waals surface area contributed by atoms with Crippen molar-refractivity contribution in [1.29, 1.82) is 0 Å². The zero-order valence-electron chi connectivity index (χ0n) is 22.1. The molecule has 210 valence electrons. The van der Waals surface area contributed by atoms with E-state index >= 15 is 0 Å². The van der Waals surface area contributed by atoms with Crippen molar-refractivity contribution in [2.45, 2.75) is 42.4 Å². The lowest BCUT2D eigenvalue weighted by Crippen LogP contribution is -2.69. The van der Waals surface area contributed by atoms with Crippen molar-refractivity contribution in [2.75, 3.05) is 43.1 Å². The van der Waals surface area contributed by atoms with E-state index in [9.17, 15) is 14.3 Å². The van der Waals surface area contributed by atoms with Crippen LogP contribution in [0, 0.1) is 11.7 Å². The van der Waals surface area contributed by atoms with Crippen molar-refractivity contribution in [3.8, 4) is 11.3 Å². The average Bonchev–Trinajstić information content (AvgIpc) is 2.93. The van der Waals surface area contributed by atoms with E-state index < -0.39 is 5.82 Å². The number of thioether (sulfide) groups is 1. The molecule has 0 radical (unpaired) electrons. The minimum Gasteiger partial charge on any atom is -0.396 e. The zero-order valence-corrected chi connectivity index (χ0v) is 23.6. The summed E-state index contributed by atoms with van der Waals surface area (Å²) in [4.78, 5) is 22.3. The number of hydrogen-bond acceptors (Lipinski definition) is 9. The molecule has 3 N–H and O–H groups in total. The van der Waals surface area contributed by atoms with Gasteiger partial charge in [0.25, 0.3) is 0 Å². The number of likely N-dealkylation sites (N-methyl/N-ethyl adjacent to an activating group) is 1. The molecule has 3 saturated heterocycles. The quantitative estimate of drug-likeness (QED) is 0.318. The summed E-state index contributed by atoms with van der Waals surface area (Å²) in [7, 11) is 2.21. The van der Waals surface area contributed by atoms with Crippen LogP contribution in [0.4, 0.5) is 21.6 Å². The number of aliphatic hydroxyl groups is 1. The van der Waals surface area contributed by atoms with Crippen LogP contribution in [0.1, 0.15) is 19.3 Å². The van der Waals surface area contributed by atoms with Gasteiger partial charge in [-0.05, 0) is 56.6 Å². The molecule has 3 aliphatic heterocycles. The summed E-state index contributed by atoms with van der Waals surface area (Å²) in [5.41, 5.74) is 1.80. The number of aromatic nitrogens is 3. The maximum absolute atomic E-state index is 14.5. The van der Waals surface area contributed by atoms with Gasteiger partial charge in [0, 0.05) is 71.4 Å². The number of aliphatic hydroxyl groups excluding tert-OH is 1. The first-order valence-corrected chi connectivity index (χ1v) is 14.8. The van der Waals surface area contributed by atoms with Crippen LogP contribution in [0.15, 0.2) is 47.6 Å². The van der Waals surface area contributed by atoms with Crippen LogP contribution < -0.4 is 10.6 Å². The summed E-state index contributed by atoms with van der Waals surface area (Å²) in [5, 5.41) is 25.0. The molecule has 5 heterocycles. The van der Waals surface area contributed by atoms with E-state index in [-0.39, 0.29) is 24.0 Å². The predicted octanol–water partition coefficient (Wildman–Crippen LogP) is 4.26. The summed E-state index contributed by atoms with van der Waals surface area (Å²) in [6, 6.07) is 11.3. The Hall–Kier alpha value is -2.83. The Morgan fingerprint density at radius 3 is 2.67 bits per heavy atom. The van der Waals surface area contributed by atoms with Gasteiger partial charge >= 0.3 is 0 Å². The van der Waals surface area contributed by atoms with E-state index in [4.69, 9.17) is 11.6 Å². The van der Waals surface area contributed by atoms with Crippen molar-refractivity contribution < 1.29 is 14.3 Å². The highest BCUT2D eigenvalue weighted by atomic mass is 35.5. The number of carbonyl (C=O) groups excluding carboxylic acids is 1. The molecule has 1 saturated carbocycles. The monoisotopic (exact) mass is 583 g/mol. The van der Waals surface area contributed by atoms with Crippen LogP contribution in [0.25, 0.3) is 11.3 Å². The topological polar surface area (TPSA) is 107 Å². The molecule has 2 aromatic heterocycles. The van der Waals surface area contributed by atoms with Crippen LogP contribution in [0.2, 0.25) is 5.02 Å². The predicted molar refractivity (Wildman–Crippen MR) is 154 cm³/mol. The molecular weight excluding hydrogens is 553 g/mol. The third-order valence-electron chi connectivity index (χ3n) is 8.17. The van der Waals surface area contributed by atoms with Gasteiger partial charge in [-0.15, -0.1) is 22.0 Å². The Morgan fingerprint density at radius 2 is 1.93 bits per heavy atom. The second-order valence-corrected chi connectivity index (χ2v) is 12.2. The van der Waals surface area contributed by atoms with E-state index in [1.165, 1.54) is 36.4 Å². The molecule has 40 heavy (non-hydrogen) atoms. The lowest BCUT2D eigenvalue weighted by atomic mass is 9.76. The van der Waals surface area contributed by atoms with Crippen molar-refractivity contribution in [3.05, 3.63) is 53.4 Å². The van der Waals surface area contributed by atoms with E-state index in [2.05, 4.69) is 42.7 Å². The number of nitrogens with zero attached hydrogens (tertiary/aromatic N) is 5. The van der Waals surface area contributed by atoms with Crippen molar-refractivity contribution in [2.24, 2.45) is 5.92 Å². The van der Waals surface area contributed by atoms with Gasteiger partial charge in [-0.25, -0.2) is 9.37 Å². The van der Waals surface area contributed by atoms with Crippen molar-refractivity contribution in [1.82, 2.24) is 25.0 Å². The molecule has 0 spiro atoms. The Balaban J connectivity index is 1.12. The first-order valence-electron chi connectivity index (χ1n) is 13.4. The van der Waals surface area contributed by atoms with Crippen LogP contribution in [0.5, 0.6) is 0 Å². The average molecular weight is 584 g/mol. The fourth-order valence-electron chi connectivity index (χ4n) is 5.73. The number of benzene rings is 1. The smallest absolute Gasteiger partial charge is 0.228 e. The number of halogens is 2. The first-order chi connectivity index (χ1) is 19.4. The molecule has 12 heteroatoms. The minimum absolute atomic E-state index is 0.0105. The third kappa shape index (κ3) is 5.66. The zero-order chi connectivity index (χ0) is 27.8. The largest absolute Gasteiger partial charge is 0.396 e. The van der Waals surface area contributed by atoms with Gasteiger partial charge in [-0.2, -0.15) is 0 Å². The second-order valence-electron chi connectivity index (χ2n) is 10.7. The maximum atomic E-state index is 14.5. The van der Waals surface area contributed by atoms with Gasteiger partial charge < -0.3 is 15.7 Å². The summed E-state index contributed by atoms with van der Waals surface area (Å²) >= 11 is 7.41. The van der Waals surface area contributed by atoms with E-state index in [1.54, 1.807) is 24.4 Å².